The zero-order valence-electron chi connectivity index (χ0n) is 15.8. The average molecular weight is 368 g/mol. The van der Waals surface area contributed by atoms with E-state index in [0.29, 0.717) is 12.0 Å². The van der Waals surface area contributed by atoms with Crippen LogP contribution in [0.1, 0.15) is 39.0 Å². The number of nitrogens with one attached hydrogen (secondary N) is 2. The number of hydrogen-bond donors (Lipinski definition) is 3. The summed E-state index contributed by atoms with van der Waals surface area (Å²) >= 11 is 0. The summed E-state index contributed by atoms with van der Waals surface area (Å²) in [5, 5.41) is 14.6. The molecule has 0 bridgehead atoms. The van der Waals surface area contributed by atoms with Crippen LogP contribution < -0.4 is 10.6 Å². The second-order valence-corrected chi connectivity index (χ2v) is 6.56. The van der Waals surface area contributed by atoms with Crippen LogP contribution in [0.2, 0.25) is 0 Å². The SMILES string of the molecule is Cc1cc(C)c(NC(=O)CNC(=O)CCc2ccccc2C(=O)O)c(C)c1. The first-order valence-corrected chi connectivity index (χ1v) is 8.73. The third kappa shape index (κ3) is 5.67. The molecule has 0 unspecified atom stereocenters. The molecule has 0 spiro atoms. The van der Waals surface area contributed by atoms with E-state index in [1.165, 1.54) is 6.07 Å². The molecule has 2 aromatic carbocycles. The van der Waals surface area contributed by atoms with Crippen LogP contribution >= 0.6 is 0 Å². The number of carboxylic acids is 1. The van der Waals surface area contributed by atoms with Crippen LogP contribution in [0.4, 0.5) is 5.69 Å². The molecule has 0 radical (unpaired) electrons. The fourth-order valence-electron chi connectivity index (χ4n) is 3.02. The van der Waals surface area contributed by atoms with Gasteiger partial charge in [-0.3, -0.25) is 9.59 Å². The van der Waals surface area contributed by atoms with Gasteiger partial charge in [0.15, 0.2) is 0 Å². The Balaban J connectivity index is 1.86. The van der Waals surface area contributed by atoms with E-state index in [2.05, 4.69) is 10.6 Å². The molecule has 0 aliphatic heterocycles. The molecule has 27 heavy (non-hydrogen) atoms. The smallest absolute Gasteiger partial charge is 0.335 e. The van der Waals surface area contributed by atoms with Crippen molar-refractivity contribution >= 4 is 23.5 Å². The third-order valence-electron chi connectivity index (χ3n) is 4.26. The molecule has 0 saturated carbocycles. The number of carbonyl (C=O) groups is 3. The van der Waals surface area contributed by atoms with E-state index in [4.69, 9.17) is 5.11 Å². The molecule has 6 heteroatoms. The van der Waals surface area contributed by atoms with E-state index in [0.717, 1.165) is 22.4 Å². The van der Waals surface area contributed by atoms with Gasteiger partial charge in [0, 0.05) is 12.1 Å². The maximum absolute atomic E-state index is 12.1. The summed E-state index contributed by atoms with van der Waals surface area (Å²) in [6, 6.07) is 10.6. The van der Waals surface area contributed by atoms with Crippen LogP contribution in [0, 0.1) is 20.8 Å². The van der Waals surface area contributed by atoms with Gasteiger partial charge in [-0.2, -0.15) is 0 Å². The number of benzene rings is 2. The molecule has 2 rings (SSSR count). The standard InChI is InChI=1S/C21H24N2O4/c1-13-10-14(2)20(15(3)11-13)23-19(25)12-22-18(24)9-8-16-6-4-5-7-17(16)21(26)27/h4-7,10-11H,8-9,12H2,1-3H3,(H,22,24)(H,23,25)(H,26,27). The minimum Gasteiger partial charge on any atom is -0.478 e. The second-order valence-electron chi connectivity index (χ2n) is 6.56. The van der Waals surface area contributed by atoms with Crippen molar-refractivity contribution in [2.45, 2.75) is 33.6 Å². The molecule has 142 valence electrons. The number of carbonyl (C=O) groups excluding carboxylic acids is 2. The first-order chi connectivity index (χ1) is 12.8. The summed E-state index contributed by atoms with van der Waals surface area (Å²) in [5.74, 6) is -1.62. The van der Waals surface area contributed by atoms with Crippen LogP contribution in [-0.4, -0.2) is 29.4 Å². The van der Waals surface area contributed by atoms with E-state index in [1.54, 1.807) is 18.2 Å². The van der Waals surface area contributed by atoms with Crippen LogP contribution in [0.5, 0.6) is 0 Å². The third-order valence-corrected chi connectivity index (χ3v) is 4.26. The molecule has 6 nitrogen and oxygen atoms in total. The van der Waals surface area contributed by atoms with Gasteiger partial charge in [-0.25, -0.2) is 4.79 Å². The molecule has 0 aliphatic rings. The number of aryl methyl sites for hydroxylation is 4. The highest BCUT2D eigenvalue weighted by molar-refractivity contribution is 5.96. The summed E-state index contributed by atoms with van der Waals surface area (Å²) in [5.41, 5.74) is 4.60. The van der Waals surface area contributed by atoms with Crippen molar-refractivity contribution in [3.05, 3.63) is 64.2 Å². The first kappa shape index (κ1) is 20.2. The van der Waals surface area contributed by atoms with Crippen molar-refractivity contribution in [2.75, 3.05) is 11.9 Å². The molecule has 0 aliphatic carbocycles. The summed E-state index contributed by atoms with van der Waals surface area (Å²) in [7, 11) is 0. The number of hydrogen-bond acceptors (Lipinski definition) is 3. The molecule has 2 aromatic rings. The Morgan fingerprint density at radius 3 is 2.22 bits per heavy atom. The molecule has 0 fully saturated rings. The Kier molecular flexibility index (Phi) is 6.71. The van der Waals surface area contributed by atoms with Gasteiger partial charge >= 0.3 is 5.97 Å². The molecule has 0 aromatic heterocycles. The lowest BCUT2D eigenvalue weighted by atomic mass is 10.0. The predicted molar refractivity (Wildman–Crippen MR) is 104 cm³/mol. The maximum Gasteiger partial charge on any atom is 0.335 e. The Morgan fingerprint density at radius 1 is 0.963 bits per heavy atom. The minimum atomic E-state index is -1.02. The highest BCUT2D eigenvalue weighted by atomic mass is 16.4. The number of aromatic carboxylic acids is 1. The lowest BCUT2D eigenvalue weighted by Gasteiger charge is -2.13. The zero-order chi connectivity index (χ0) is 20.0. The van der Waals surface area contributed by atoms with E-state index in [1.807, 2.05) is 32.9 Å². The van der Waals surface area contributed by atoms with Crippen LogP contribution in [0.25, 0.3) is 0 Å². The summed E-state index contributed by atoms with van der Waals surface area (Å²) in [4.78, 5) is 35.3. The van der Waals surface area contributed by atoms with Crippen molar-refractivity contribution in [3.63, 3.8) is 0 Å². The molecule has 2 amide bonds. The van der Waals surface area contributed by atoms with Gasteiger partial charge in [0.1, 0.15) is 0 Å². The van der Waals surface area contributed by atoms with E-state index < -0.39 is 5.97 Å². The first-order valence-electron chi connectivity index (χ1n) is 8.73. The van der Waals surface area contributed by atoms with Crippen LogP contribution in [0.15, 0.2) is 36.4 Å². The predicted octanol–water partition coefficient (Wildman–Crippen LogP) is 3.00. The molecule has 0 heterocycles. The molecular weight excluding hydrogens is 344 g/mol. The quantitative estimate of drug-likeness (QED) is 0.700. The summed E-state index contributed by atoms with van der Waals surface area (Å²) in [6.45, 7) is 5.71. The Bertz CT molecular complexity index is 851. The van der Waals surface area contributed by atoms with Crippen molar-refractivity contribution in [1.82, 2.24) is 5.32 Å². The summed E-state index contributed by atoms with van der Waals surface area (Å²) in [6.07, 6.45) is 0.409. The fraction of sp³-hybridized carbons (Fsp3) is 0.286. The van der Waals surface area contributed by atoms with Gasteiger partial charge in [-0.1, -0.05) is 35.9 Å². The minimum absolute atomic E-state index is 0.111. The van der Waals surface area contributed by atoms with Crippen molar-refractivity contribution in [2.24, 2.45) is 0 Å². The Hall–Kier alpha value is -3.15. The lowest BCUT2D eigenvalue weighted by Crippen LogP contribution is -2.33. The van der Waals surface area contributed by atoms with Crippen LogP contribution in [-0.2, 0) is 16.0 Å². The topological polar surface area (TPSA) is 95.5 Å². The maximum atomic E-state index is 12.1. The normalized spacial score (nSPS) is 10.3. The zero-order valence-corrected chi connectivity index (χ0v) is 15.8. The van der Waals surface area contributed by atoms with Crippen LogP contribution in [0.3, 0.4) is 0 Å². The summed E-state index contributed by atoms with van der Waals surface area (Å²) < 4.78 is 0. The molecule has 0 saturated heterocycles. The van der Waals surface area contributed by atoms with Crippen molar-refractivity contribution < 1.29 is 19.5 Å². The largest absolute Gasteiger partial charge is 0.478 e. The van der Waals surface area contributed by atoms with E-state index >= 15 is 0 Å². The number of anilines is 1. The lowest BCUT2D eigenvalue weighted by molar-refractivity contribution is -0.124. The monoisotopic (exact) mass is 368 g/mol. The van der Waals surface area contributed by atoms with Gasteiger partial charge in [0.25, 0.3) is 0 Å². The number of carboxylic acid groups (broad SMARTS) is 1. The molecule has 3 N–H and O–H groups in total. The van der Waals surface area contributed by atoms with Crippen molar-refractivity contribution in [1.29, 1.82) is 0 Å². The number of amides is 2. The highest BCUT2D eigenvalue weighted by Gasteiger charge is 2.12. The van der Waals surface area contributed by atoms with Gasteiger partial charge in [-0.05, 0) is 49.9 Å². The Labute approximate surface area is 158 Å². The highest BCUT2D eigenvalue weighted by Crippen LogP contribution is 2.21. The fourth-order valence-corrected chi connectivity index (χ4v) is 3.02. The van der Waals surface area contributed by atoms with Gasteiger partial charge in [-0.15, -0.1) is 0 Å². The number of rotatable bonds is 7. The Morgan fingerprint density at radius 2 is 1.59 bits per heavy atom. The van der Waals surface area contributed by atoms with Gasteiger partial charge in [0.05, 0.1) is 12.1 Å². The second kappa shape index (κ2) is 8.98. The van der Waals surface area contributed by atoms with E-state index in [9.17, 15) is 14.4 Å². The average Bonchev–Trinajstić information content (AvgIpc) is 2.61. The van der Waals surface area contributed by atoms with E-state index in [-0.39, 0.29) is 30.3 Å². The van der Waals surface area contributed by atoms with Gasteiger partial charge < -0.3 is 15.7 Å². The molecular formula is C21H24N2O4. The van der Waals surface area contributed by atoms with Crippen molar-refractivity contribution in [3.8, 4) is 0 Å². The molecule has 0 atom stereocenters. The van der Waals surface area contributed by atoms with Gasteiger partial charge in [0.2, 0.25) is 11.8 Å².